The second kappa shape index (κ2) is 8.87. The molecule has 0 aliphatic carbocycles. The maximum Gasteiger partial charge on any atom is 0.325 e. The van der Waals surface area contributed by atoms with Gasteiger partial charge in [-0.15, -0.1) is 0 Å². The molecule has 0 amide bonds. The maximum absolute atomic E-state index is 12.9. The Morgan fingerprint density at radius 3 is 2.39 bits per heavy atom. The highest BCUT2D eigenvalue weighted by Gasteiger charge is 2.35. The first-order chi connectivity index (χ1) is 13.3. The Balaban J connectivity index is 1.77. The number of carboxylic acids is 1. The highest BCUT2D eigenvalue weighted by molar-refractivity contribution is 7.86. The molecule has 0 spiro atoms. The highest BCUT2D eigenvalue weighted by atomic mass is 32.2. The van der Waals surface area contributed by atoms with Gasteiger partial charge >= 0.3 is 5.97 Å². The fourth-order valence-electron chi connectivity index (χ4n) is 3.88. The lowest BCUT2D eigenvalue weighted by atomic mass is 9.97. The summed E-state index contributed by atoms with van der Waals surface area (Å²) in [6, 6.07) is 5.05. The summed E-state index contributed by atoms with van der Waals surface area (Å²) in [5.74, 6) is -0.904. The maximum atomic E-state index is 12.9. The highest BCUT2D eigenvalue weighted by Crippen LogP contribution is 2.27. The van der Waals surface area contributed by atoms with E-state index in [1.54, 1.807) is 0 Å². The molecule has 156 valence electrons. The van der Waals surface area contributed by atoms with Gasteiger partial charge in [0.15, 0.2) is 0 Å². The zero-order valence-corrected chi connectivity index (χ0v) is 17.3. The molecule has 2 aliphatic heterocycles. The molecule has 1 aromatic rings. The van der Waals surface area contributed by atoms with E-state index in [9.17, 15) is 18.3 Å². The van der Waals surface area contributed by atoms with Crippen LogP contribution in [0.1, 0.15) is 29.2 Å². The Bertz CT molecular complexity index is 808. The van der Waals surface area contributed by atoms with Crippen LogP contribution in [0.3, 0.4) is 0 Å². The van der Waals surface area contributed by atoms with Gasteiger partial charge < -0.3 is 9.84 Å². The van der Waals surface area contributed by atoms with E-state index in [0.29, 0.717) is 52.4 Å². The fraction of sp³-hybridized carbons (Fsp3) is 0.632. The molecular weight excluding hydrogens is 382 g/mol. The van der Waals surface area contributed by atoms with Crippen molar-refractivity contribution < 1.29 is 23.1 Å². The van der Waals surface area contributed by atoms with Gasteiger partial charge in [0, 0.05) is 39.3 Å². The zero-order valence-electron chi connectivity index (χ0n) is 16.5. The van der Waals surface area contributed by atoms with Gasteiger partial charge in [-0.25, -0.2) is 0 Å². The van der Waals surface area contributed by atoms with Crippen molar-refractivity contribution in [2.75, 3.05) is 52.5 Å². The molecule has 1 unspecified atom stereocenters. The Hall–Kier alpha value is -1.52. The molecule has 0 radical (unpaired) electrons. The van der Waals surface area contributed by atoms with Gasteiger partial charge in [-0.3, -0.25) is 9.69 Å². The minimum atomic E-state index is -3.54. The third-order valence-corrected chi connectivity index (χ3v) is 7.48. The summed E-state index contributed by atoms with van der Waals surface area (Å²) in [6.45, 7) is 7.01. The summed E-state index contributed by atoms with van der Waals surface area (Å²) in [5, 5.41) is 9.92. The first-order valence-corrected chi connectivity index (χ1v) is 11.1. The number of aliphatic carboxylic acids is 1. The normalized spacial score (nSPS) is 21.9. The predicted octanol–water partition coefficient (Wildman–Crippen LogP) is 1.01. The summed E-state index contributed by atoms with van der Waals surface area (Å²) in [5.41, 5.74) is 2.72. The van der Waals surface area contributed by atoms with Gasteiger partial charge in [0.1, 0.15) is 6.04 Å². The van der Waals surface area contributed by atoms with Gasteiger partial charge in [0.05, 0.1) is 13.2 Å². The molecule has 3 rings (SSSR count). The van der Waals surface area contributed by atoms with Crippen molar-refractivity contribution >= 4 is 16.2 Å². The summed E-state index contributed by atoms with van der Waals surface area (Å²) >= 11 is 0. The van der Waals surface area contributed by atoms with Crippen LogP contribution in [0.2, 0.25) is 0 Å². The molecule has 2 aliphatic rings. The number of carboxylic acid groups (broad SMARTS) is 1. The minimum absolute atomic E-state index is 0.286. The topological polar surface area (TPSA) is 90.4 Å². The van der Waals surface area contributed by atoms with Gasteiger partial charge in [0.2, 0.25) is 0 Å². The molecule has 1 atom stereocenters. The van der Waals surface area contributed by atoms with E-state index in [2.05, 4.69) is 0 Å². The van der Waals surface area contributed by atoms with E-state index in [1.165, 1.54) is 8.61 Å². The third kappa shape index (κ3) is 4.55. The molecule has 1 aromatic carbocycles. The number of benzene rings is 1. The first-order valence-electron chi connectivity index (χ1n) is 9.67. The second-order valence-electron chi connectivity index (χ2n) is 7.41. The van der Waals surface area contributed by atoms with Gasteiger partial charge in [-0.2, -0.15) is 17.0 Å². The number of ether oxygens (including phenoxy) is 1. The number of carbonyl (C=O) groups is 1. The second-order valence-corrected chi connectivity index (χ2v) is 9.34. The minimum Gasteiger partial charge on any atom is -0.480 e. The molecule has 1 N–H and O–H groups in total. The van der Waals surface area contributed by atoms with Gasteiger partial charge in [0.25, 0.3) is 10.2 Å². The van der Waals surface area contributed by atoms with Gasteiger partial charge in [-0.05, 0) is 31.4 Å². The molecule has 8 nitrogen and oxygen atoms in total. The van der Waals surface area contributed by atoms with Crippen molar-refractivity contribution in [2.45, 2.75) is 26.3 Å². The predicted molar refractivity (Wildman–Crippen MR) is 105 cm³/mol. The number of rotatable bonds is 5. The van der Waals surface area contributed by atoms with E-state index in [4.69, 9.17) is 4.74 Å². The summed E-state index contributed by atoms with van der Waals surface area (Å²) in [6.07, 6.45) is 0.595. The molecule has 0 aromatic heterocycles. The van der Waals surface area contributed by atoms with E-state index in [1.807, 2.05) is 36.9 Å². The lowest BCUT2D eigenvalue weighted by molar-refractivity contribution is -0.143. The van der Waals surface area contributed by atoms with Crippen molar-refractivity contribution in [1.82, 2.24) is 13.5 Å². The van der Waals surface area contributed by atoms with Crippen molar-refractivity contribution in [1.29, 1.82) is 0 Å². The Kier molecular flexibility index (Phi) is 6.72. The largest absolute Gasteiger partial charge is 0.480 e. The number of hydrogen-bond donors (Lipinski definition) is 1. The van der Waals surface area contributed by atoms with Crippen LogP contribution >= 0.6 is 0 Å². The van der Waals surface area contributed by atoms with Crippen molar-refractivity contribution in [3.05, 3.63) is 34.9 Å². The quantitative estimate of drug-likeness (QED) is 0.778. The fourth-order valence-corrected chi connectivity index (χ4v) is 5.49. The molecule has 0 saturated carbocycles. The summed E-state index contributed by atoms with van der Waals surface area (Å²) < 4.78 is 34.1. The van der Waals surface area contributed by atoms with E-state index in [-0.39, 0.29) is 6.54 Å². The molecule has 28 heavy (non-hydrogen) atoms. The molecule has 2 fully saturated rings. The number of aryl methyl sites for hydroxylation is 2. The van der Waals surface area contributed by atoms with E-state index in [0.717, 1.165) is 16.7 Å². The van der Waals surface area contributed by atoms with Gasteiger partial charge in [-0.1, -0.05) is 23.8 Å². The Morgan fingerprint density at radius 1 is 1.04 bits per heavy atom. The third-order valence-electron chi connectivity index (χ3n) is 5.44. The van der Waals surface area contributed by atoms with Crippen LogP contribution in [0.15, 0.2) is 18.2 Å². The lowest BCUT2D eigenvalue weighted by Crippen LogP contribution is -2.49. The van der Waals surface area contributed by atoms with Crippen LogP contribution in [0, 0.1) is 13.8 Å². The van der Waals surface area contributed by atoms with Crippen LogP contribution in [0.5, 0.6) is 0 Å². The molecular formula is C19H29N3O5S. The van der Waals surface area contributed by atoms with Crippen LogP contribution < -0.4 is 0 Å². The number of morpholine rings is 1. The van der Waals surface area contributed by atoms with Crippen molar-refractivity contribution in [3.8, 4) is 0 Å². The van der Waals surface area contributed by atoms with Crippen molar-refractivity contribution in [3.63, 3.8) is 0 Å². The monoisotopic (exact) mass is 411 g/mol. The van der Waals surface area contributed by atoms with Crippen LogP contribution in [-0.2, 0) is 19.7 Å². The Morgan fingerprint density at radius 2 is 1.71 bits per heavy atom. The SMILES string of the molecule is Cc1ccc(C)c(C(C(=O)O)N2CCCN(S(=O)(=O)N3CCOCC3)CC2)c1. The van der Waals surface area contributed by atoms with E-state index >= 15 is 0 Å². The molecule has 0 bridgehead atoms. The summed E-state index contributed by atoms with van der Waals surface area (Å²) in [7, 11) is -3.54. The summed E-state index contributed by atoms with van der Waals surface area (Å²) in [4.78, 5) is 14.0. The number of hydrogen-bond acceptors (Lipinski definition) is 5. The standard InChI is InChI=1S/C19H29N3O5S/c1-15-4-5-16(2)17(14-15)18(19(23)24)20-6-3-7-21(9-8-20)28(25,26)22-10-12-27-13-11-22/h4-5,14,18H,3,6-13H2,1-2H3,(H,23,24). The molecule has 2 saturated heterocycles. The number of nitrogens with zero attached hydrogens (tertiary/aromatic N) is 3. The van der Waals surface area contributed by atoms with Crippen LogP contribution in [0.25, 0.3) is 0 Å². The van der Waals surface area contributed by atoms with Crippen LogP contribution in [-0.4, -0.2) is 85.5 Å². The Labute approximate surface area is 166 Å². The average Bonchev–Trinajstić information content (AvgIpc) is 2.92. The molecule has 2 heterocycles. The van der Waals surface area contributed by atoms with E-state index < -0.39 is 22.2 Å². The zero-order chi connectivity index (χ0) is 20.3. The van der Waals surface area contributed by atoms with Crippen LogP contribution in [0.4, 0.5) is 0 Å². The van der Waals surface area contributed by atoms with Crippen molar-refractivity contribution in [2.24, 2.45) is 0 Å². The first kappa shape index (κ1) is 21.2. The molecule has 9 heteroatoms. The lowest BCUT2D eigenvalue weighted by Gasteiger charge is -2.32. The smallest absolute Gasteiger partial charge is 0.325 e. The average molecular weight is 412 g/mol.